The van der Waals surface area contributed by atoms with Gasteiger partial charge in [-0.05, 0) is 89.5 Å². The van der Waals surface area contributed by atoms with Gasteiger partial charge in [-0.25, -0.2) is 0 Å². The van der Waals surface area contributed by atoms with Crippen molar-refractivity contribution in [3.63, 3.8) is 0 Å². The molecule has 150 valence electrons. The molecule has 0 aliphatic heterocycles. The fraction of sp³-hybridized carbons (Fsp3) is 0.133. The fourth-order valence-electron chi connectivity index (χ4n) is 5.30. The minimum Gasteiger partial charge on any atom is -0.0878 e. The van der Waals surface area contributed by atoms with Gasteiger partial charge in [-0.2, -0.15) is 0 Å². The van der Waals surface area contributed by atoms with E-state index in [4.69, 9.17) is 0 Å². The summed E-state index contributed by atoms with van der Waals surface area (Å²) in [6.45, 7) is 2.19. The molecule has 0 bridgehead atoms. The van der Waals surface area contributed by atoms with Crippen molar-refractivity contribution in [3.8, 4) is 11.1 Å². The van der Waals surface area contributed by atoms with Crippen molar-refractivity contribution < 1.29 is 0 Å². The van der Waals surface area contributed by atoms with Gasteiger partial charge >= 0.3 is 0 Å². The monoisotopic (exact) mass is 416 g/mol. The van der Waals surface area contributed by atoms with Gasteiger partial charge < -0.3 is 0 Å². The minimum absolute atomic E-state index is 0.618. The van der Waals surface area contributed by atoms with E-state index < -0.39 is 7.92 Å². The molecule has 0 aromatic heterocycles. The highest BCUT2D eigenvalue weighted by Crippen LogP contribution is 2.47. The quantitative estimate of drug-likeness (QED) is 0.248. The number of hydrogen-bond donors (Lipinski definition) is 0. The highest BCUT2D eigenvalue weighted by atomic mass is 31.1. The lowest BCUT2D eigenvalue weighted by Crippen LogP contribution is -2.23. The van der Waals surface area contributed by atoms with Crippen molar-refractivity contribution in [1.29, 1.82) is 0 Å². The van der Waals surface area contributed by atoms with Crippen molar-refractivity contribution in [3.05, 3.63) is 125 Å². The van der Waals surface area contributed by atoms with Crippen LogP contribution in [0.3, 0.4) is 0 Å². The summed E-state index contributed by atoms with van der Waals surface area (Å²) in [6.07, 6.45) is 5.63. The Labute approximate surface area is 186 Å². The van der Waals surface area contributed by atoms with E-state index in [1.54, 1.807) is 22.3 Å². The van der Waals surface area contributed by atoms with E-state index in [1.165, 1.54) is 32.6 Å². The molecule has 4 aromatic rings. The zero-order valence-electron chi connectivity index (χ0n) is 17.8. The number of hydrogen-bond acceptors (Lipinski definition) is 0. The molecule has 0 unspecified atom stereocenters. The lowest BCUT2D eigenvalue weighted by atomic mass is 9.98. The third-order valence-corrected chi connectivity index (χ3v) is 9.24. The Bertz CT molecular complexity index is 1260. The van der Waals surface area contributed by atoms with E-state index in [2.05, 4.69) is 104 Å². The Balaban J connectivity index is 1.66. The first-order valence-electron chi connectivity index (χ1n) is 11.1. The molecule has 0 atom stereocenters. The Morgan fingerprint density at radius 3 is 1.97 bits per heavy atom. The van der Waals surface area contributed by atoms with Gasteiger partial charge in [0.05, 0.1) is 0 Å². The summed E-state index contributed by atoms with van der Waals surface area (Å²) < 4.78 is 0. The van der Waals surface area contributed by atoms with Gasteiger partial charge in [-0.3, -0.25) is 0 Å². The Morgan fingerprint density at radius 2 is 1.29 bits per heavy atom. The van der Waals surface area contributed by atoms with Crippen LogP contribution in [0.2, 0.25) is 0 Å². The molecule has 0 nitrogen and oxygen atoms in total. The molecule has 0 saturated heterocycles. The predicted molar refractivity (Wildman–Crippen MR) is 135 cm³/mol. The largest absolute Gasteiger partial charge is 0.0878 e. The average Bonchev–Trinajstić information content (AvgIpc) is 3.42. The van der Waals surface area contributed by atoms with E-state index in [0.717, 1.165) is 19.3 Å². The molecule has 0 N–H and O–H groups in total. The number of rotatable bonds is 3. The summed E-state index contributed by atoms with van der Waals surface area (Å²) in [4.78, 5) is 0. The summed E-state index contributed by atoms with van der Waals surface area (Å²) >= 11 is 0. The van der Waals surface area contributed by atoms with Gasteiger partial charge in [0.1, 0.15) is 0 Å². The smallest absolute Gasteiger partial charge is 0.00103 e. The lowest BCUT2D eigenvalue weighted by Gasteiger charge is -2.24. The Hall–Kier alpha value is -2.95. The second-order valence-corrected chi connectivity index (χ2v) is 10.7. The standard InChI is InChI=1S/C30H25P/c1-2-21-17-23-20-29(30-26-16-10-9-11-22(26)19-28(30)27(23)18-21)31(24-12-5-3-6-13-24)25-14-7-4-8-15-25/h2-16,20H,17-19H2,1H3/b21-2-. The van der Waals surface area contributed by atoms with Crippen LogP contribution >= 0.6 is 7.92 Å². The zero-order valence-corrected chi connectivity index (χ0v) is 18.7. The third kappa shape index (κ3) is 3.10. The topological polar surface area (TPSA) is 0 Å². The van der Waals surface area contributed by atoms with Gasteiger partial charge in [0.15, 0.2) is 0 Å². The molecule has 2 aliphatic rings. The summed E-state index contributed by atoms with van der Waals surface area (Å²) in [6, 6.07) is 33.9. The Morgan fingerprint density at radius 1 is 0.645 bits per heavy atom. The summed E-state index contributed by atoms with van der Waals surface area (Å²) in [5, 5.41) is 4.39. The van der Waals surface area contributed by atoms with Crippen LogP contribution in [0.25, 0.3) is 11.1 Å². The molecular formula is C30H25P. The van der Waals surface area contributed by atoms with E-state index in [0.29, 0.717) is 0 Å². The molecule has 1 heteroatoms. The summed E-state index contributed by atoms with van der Waals surface area (Å²) in [5.74, 6) is 0. The van der Waals surface area contributed by atoms with Gasteiger partial charge in [-0.1, -0.05) is 96.6 Å². The average molecular weight is 417 g/mol. The first-order valence-corrected chi connectivity index (χ1v) is 12.5. The van der Waals surface area contributed by atoms with Gasteiger partial charge in [0.2, 0.25) is 0 Å². The number of fused-ring (bicyclic) bond motifs is 5. The number of allylic oxidation sites excluding steroid dienone is 2. The molecule has 2 aliphatic carbocycles. The summed E-state index contributed by atoms with van der Waals surface area (Å²) in [5.41, 5.74) is 10.7. The second-order valence-electron chi connectivity index (χ2n) is 8.53. The van der Waals surface area contributed by atoms with E-state index in [9.17, 15) is 0 Å². The lowest BCUT2D eigenvalue weighted by molar-refractivity contribution is 1.13. The van der Waals surface area contributed by atoms with Gasteiger partial charge in [-0.15, -0.1) is 0 Å². The molecule has 4 aromatic carbocycles. The van der Waals surface area contributed by atoms with Crippen molar-refractivity contribution in [1.82, 2.24) is 0 Å². The highest BCUT2D eigenvalue weighted by Gasteiger charge is 2.32. The molecule has 0 radical (unpaired) electrons. The normalized spacial score (nSPS) is 15.2. The predicted octanol–water partition coefficient (Wildman–Crippen LogP) is 6.06. The first-order chi connectivity index (χ1) is 15.3. The van der Waals surface area contributed by atoms with Crippen LogP contribution in [0.1, 0.15) is 29.2 Å². The van der Waals surface area contributed by atoms with Crippen LogP contribution in [-0.2, 0) is 19.3 Å². The van der Waals surface area contributed by atoms with E-state index >= 15 is 0 Å². The third-order valence-electron chi connectivity index (χ3n) is 6.77. The molecule has 0 fully saturated rings. The van der Waals surface area contributed by atoms with Crippen molar-refractivity contribution in [2.75, 3.05) is 0 Å². The first kappa shape index (κ1) is 18.8. The number of benzene rings is 4. The van der Waals surface area contributed by atoms with Crippen LogP contribution in [0, 0.1) is 0 Å². The van der Waals surface area contributed by atoms with Gasteiger partial charge in [0, 0.05) is 0 Å². The maximum atomic E-state index is 2.57. The molecular weight excluding hydrogens is 391 g/mol. The SMILES string of the molecule is C/C=C1/Cc2cc(P(c3ccccc3)c3ccccc3)c3c(c2C1)Cc1ccccc1-3. The van der Waals surface area contributed by atoms with Crippen LogP contribution in [-0.4, -0.2) is 0 Å². The van der Waals surface area contributed by atoms with Crippen LogP contribution < -0.4 is 15.9 Å². The van der Waals surface area contributed by atoms with Crippen molar-refractivity contribution >= 4 is 23.8 Å². The molecule has 0 amide bonds. The molecule has 6 rings (SSSR count). The van der Waals surface area contributed by atoms with Crippen molar-refractivity contribution in [2.45, 2.75) is 26.2 Å². The van der Waals surface area contributed by atoms with Crippen LogP contribution in [0.15, 0.2) is 103 Å². The van der Waals surface area contributed by atoms with Gasteiger partial charge in [0.25, 0.3) is 0 Å². The van der Waals surface area contributed by atoms with Crippen molar-refractivity contribution in [2.24, 2.45) is 0 Å². The maximum Gasteiger partial charge on any atom is -0.00103 e. The molecule has 31 heavy (non-hydrogen) atoms. The second kappa shape index (κ2) is 7.63. The van der Waals surface area contributed by atoms with E-state index in [1.807, 2.05) is 0 Å². The summed E-state index contributed by atoms with van der Waals surface area (Å²) in [7, 11) is -0.618. The molecule has 0 spiro atoms. The van der Waals surface area contributed by atoms with Crippen LogP contribution in [0.5, 0.6) is 0 Å². The maximum absolute atomic E-state index is 2.57. The minimum atomic E-state index is -0.618. The van der Waals surface area contributed by atoms with Crippen LogP contribution in [0.4, 0.5) is 0 Å². The fourth-order valence-corrected chi connectivity index (χ4v) is 7.86. The molecule has 0 heterocycles. The molecule has 0 saturated carbocycles. The Kier molecular flexibility index (Phi) is 4.62. The zero-order chi connectivity index (χ0) is 20.8. The highest BCUT2D eigenvalue weighted by molar-refractivity contribution is 7.80. The van der Waals surface area contributed by atoms with E-state index in [-0.39, 0.29) is 0 Å².